The summed E-state index contributed by atoms with van der Waals surface area (Å²) in [5.41, 5.74) is 0. The Hall–Kier alpha value is 0.831. The molecule has 0 aliphatic rings. The second-order valence-electron chi connectivity index (χ2n) is 0.183. The van der Waals surface area contributed by atoms with Crippen LogP contribution in [0.25, 0.3) is 0 Å². The standard InChI is InChI=1S/2CHNS.Ba.4H2O/c2*2-1-3;;;;;/h2*3H;;4*1H2/q;;+2;;;;/p-2. The van der Waals surface area contributed by atoms with Crippen molar-refractivity contribution in [3.05, 3.63) is 0 Å². The van der Waals surface area contributed by atoms with Crippen LogP contribution < -0.4 is 0 Å². The van der Waals surface area contributed by atoms with Gasteiger partial charge in [0.1, 0.15) is 0 Å². The molecule has 8 N–H and O–H groups in total. The second-order valence-corrected chi connectivity index (χ2v) is 0.548. The van der Waals surface area contributed by atoms with Crippen LogP contribution in [0.1, 0.15) is 0 Å². The van der Waals surface area contributed by atoms with Crippen molar-refractivity contribution in [2.45, 2.75) is 0 Å². The van der Waals surface area contributed by atoms with Crippen LogP contribution in [-0.2, 0) is 25.3 Å². The largest absolute Gasteiger partial charge is 2.00 e. The van der Waals surface area contributed by atoms with Crippen molar-refractivity contribution in [1.82, 2.24) is 0 Å². The Morgan fingerprint density at radius 3 is 0.727 bits per heavy atom. The van der Waals surface area contributed by atoms with Gasteiger partial charge in [0.2, 0.25) is 0 Å². The molecule has 0 aliphatic carbocycles. The first-order valence-electron chi connectivity index (χ1n) is 0.855. The van der Waals surface area contributed by atoms with E-state index in [4.69, 9.17) is 10.5 Å². The minimum absolute atomic E-state index is 0. The third kappa shape index (κ3) is 1220. The minimum Gasteiger partial charge on any atom is -0.696 e. The van der Waals surface area contributed by atoms with Gasteiger partial charge in [0.05, 0.1) is 0 Å². The molecule has 64 valence electrons. The molecule has 6 nitrogen and oxygen atoms in total. The maximum absolute atomic E-state index is 7.13. The normalized spacial score (nSPS) is 1.27. The molecule has 0 spiro atoms. The molecule has 9 heteroatoms. The average Bonchev–Trinajstić information content (AvgIpc) is 1.39. The van der Waals surface area contributed by atoms with Crippen molar-refractivity contribution in [2.24, 2.45) is 0 Å². The van der Waals surface area contributed by atoms with Crippen LogP contribution in [0.2, 0.25) is 0 Å². The molecule has 0 aromatic heterocycles. The van der Waals surface area contributed by atoms with Gasteiger partial charge in [-0.2, -0.15) is 0 Å². The van der Waals surface area contributed by atoms with E-state index in [0.29, 0.717) is 0 Å². The Morgan fingerprint density at radius 1 is 0.727 bits per heavy atom. The first-order valence-corrected chi connectivity index (χ1v) is 1.67. The number of hydrogen-bond acceptors (Lipinski definition) is 4. The zero-order valence-corrected chi connectivity index (χ0v) is 11.5. The third-order valence-electron chi connectivity index (χ3n) is 0. The number of hydrogen-bond donors (Lipinski definition) is 0. The number of rotatable bonds is 0. The van der Waals surface area contributed by atoms with Crippen LogP contribution in [0.4, 0.5) is 0 Å². The van der Waals surface area contributed by atoms with Gasteiger partial charge < -0.3 is 47.2 Å². The van der Waals surface area contributed by atoms with Crippen molar-refractivity contribution in [2.75, 3.05) is 0 Å². The van der Waals surface area contributed by atoms with Crippen LogP contribution in [0, 0.1) is 21.3 Å². The van der Waals surface area contributed by atoms with Crippen LogP contribution >= 0.6 is 0 Å². The summed E-state index contributed by atoms with van der Waals surface area (Å²) in [6, 6.07) is 0. The Bertz CT molecular complexity index is 79.1. The molecule has 0 aromatic rings. The van der Waals surface area contributed by atoms with Gasteiger partial charge in [-0.15, -0.1) is 0 Å². The van der Waals surface area contributed by atoms with Crippen LogP contribution in [-0.4, -0.2) is 70.8 Å². The number of thiocyanates is 2. The Kier molecular flexibility index (Phi) is 706. The smallest absolute Gasteiger partial charge is 0.696 e. The predicted molar refractivity (Wildman–Crippen MR) is 46.2 cm³/mol. The maximum atomic E-state index is 7.13. The summed E-state index contributed by atoms with van der Waals surface area (Å²) in [7, 11) is 0. The molecule has 0 saturated heterocycles. The maximum Gasteiger partial charge on any atom is 2.00 e. The van der Waals surface area contributed by atoms with Gasteiger partial charge in [0.15, 0.2) is 0 Å². The molecule has 0 rings (SSSR count). The Balaban J connectivity index is -0.00000000400. The van der Waals surface area contributed by atoms with Crippen molar-refractivity contribution in [3.63, 3.8) is 0 Å². The first kappa shape index (κ1) is 59.5. The van der Waals surface area contributed by atoms with E-state index in [1.807, 2.05) is 0 Å². The van der Waals surface area contributed by atoms with E-state index in [9.17, 15) is 0 Å². The second kappa shape index (κ2) is 131. The molecule has 0 amide bonds. The summed E-state index contributed by atoms with van der Waals surface area (Å²) < 4.78 is 0. The SMILES string of the molecule is N#C[S-].N#C[S-].O.O.O.O.[Ba+2]. The minimum atomic E-state index is 0. The molecule has 0 heterocycles. The molecule has 0 saturated carbocycles. The van der Waals surface area contributed by atoms with Gasteiger partial charge in [-0.25, -0.2) is 10.5 Å². The van der Waals surface area contributed by atoms with Crippen molar-refractivity contribution in [3.8, 4) is 10.8 Å². The summed E-state index contributed by atoms with van der Waals surface area (Å²) in [5.74, 6) is 0. The average molecular weight is 326 g/mol. The van der Waals surface area contributed by atoms with Gasteiger partial charge in [0.25, 0.3) is 0 Å². The zero-order chi connectivity index (χ0) is 5.41. The fraction of sp³-hybridized carbons (Fsp3) is 0. The summed E-state index contributed by atoms with van der Waals surface area (Å²) in [5, 5.41) is 16.9. The molecule has 0 aliphatic heterocycles. The molecular formula is C2H8BaN2O4S2. The molecular weight excluding hydrogens is 317 g/mol. The van der Waals surface area contributed by atoms with Crippen LogP contribution in [0.5, 0.6) is 0 Å². The van der Waals surface area contributed by atoms with Gasteiger partial charge in [-0.3, -0.25) is 0 Å². The monoisotopic (exact) mass is 326 g/mol. The molecule has 11 heavy (non-hydrogen) atoms. The number of nitriles is 2. The fourth-order valence-electron chi connectivity index (χ4n) is 0. The summed E-state index contributed by atoms with van der Waals surface area (Å²) in [4.78, 5) is 0. The Labute approximate surface area is 116 Å². The van der Waals surface area contributed by atoms with Crippen molar-refractivity contribution >= 4 is 74.1 Å². The van der Waals surface area contributed by atoms with E-state index in [0.717, 1.165) is 0 Å². The van der Waals surface area contributed by atoms with Gasteiger partial charge in [-0.05, 0) is 0 Å². The van der Waals surface area contributed by atoms with E-state index in [1.165, 1.54) is 10.8 Å². The summed E-state index contributed by atoms with van der Waals surface area (Å²) >= 11 is 7.40. The van der Waals surface area contributed by atoms with E-state index in [2.05, 4.69) is 25.3 Å². The summed E-state index contributed by atoms with van der Waals surface area (Å²) in [6.07, 6.45) is 0. The van der Waals surface area contributed by atoms with Crippen LogP contribution in [0.15, 0.2) is 0 Å². The third-order valence-corrected chi connectivity index (χ3v) is 0. The molecule has 0 aromatic carbocycles. The van der Waals surface area contributed by atoms with Crippen molar-refractivity contribution in [1.29, 1.82) is 10.5 Å². The fourth-order valence-corrected chi connectivity index (χ4v) is 0. The van der Waals surface area contributed by atoms with Gasteiger partial charge in [0, 0.05) is 0 Å². The first-order chi connectivity index (χ1) is 2.83. The quantitative estimate of drug-likeness (QED) is 0.254. The van der Waals surface area contributed by atoms with Crippen LogP contribution in [0.3, 0.4) is 0 Å². The van der Waals surface area contributed by atoms with E-state index >= 15 is 0 Å². The molecule has 0 radical (unpaired) electrons. The van der Waals surface area contributed by atoms with Gasteiger partial charge in [-0.1, -0.05) is 10.8 Å². The van der Waals surface area contributed by atoms with E-state index < -0.39 is 0 Å². The van der Waals surface area contributed by atoms with Gasteiger partial charge >= 0.3 is 48.9 Å². The van der Waals surface area contributed by atoms with E-state index in [1.54, 1.807) is 0 Å². The molecule has 0 unspecified atom stereocenters. The Morgan fingerprint density at radius 2 is 0.727 bits per heavy atom. The molecule has 0 fully saturated rings. The zero-order valence-electron chi connectivity index (χ0n) is 5.42. The van der Waals surface area contributed by atoms with Crippen molar-refractivity contribution < 1.29 is 21.9 Å². The molecule has 0 atom stereocenters. The van der Waals surface area contributed by atoms with E-state index in [-0.39, 0.29) is 70.8 Å². The summed E-state index contributed by atoms with van der Waals surface area (Å²) in [6.45, 7) is 0. The topological polar surface area (TPSA) is 174 Å². The molecule has 0 bridgehead atoms. The predicted octanol–water partition coefficient (Wildman–Crippen LogP) is -3.65. The number of nitrogens with zero attached hydrogens (tertiary/aromatic N) is 2.